The molecule has 0 atom stereocenters. The standard InChI is InChI=1S/C16H20N4O2S2/c1-3-4-9-17-13(21)10-23-16-20-19-15(24-16)14(22)18-12-7-5-11(2)6-8-12/h5-8H,3-4,9-10H2,1-2H3,(H,17,21)(H,18,22). The highest BCUT2D eigenvalue weighted by Crippen LogP contribution is 2.23. The molecule has 0 unspecified atom stereocenters. The summed E-state index contributed by atoms with van der Waals surface area (Å²) in [5, 5.41) is 13.7. The van der Waals surface area contributed by atoms with Gasteiger partial charge in [-0.05, 0) is 25.5 Å². The second-order valence-corrected chi connectivity index (χ2v) is 7.39. The average molecular weight is 364 g/mol. The second-order valence-electron chi connectivity index (χ2n) is 5.19. The SMILES string of the molecule is CCCCNC(=O)CSc1nnc(C(=O)Nc2ccc(C)cc2)s1. The summed E-state index contributed by atoms with van der Waals surface area (Å²) in [7, 11) is 0. The van der Waals surface area contributed by atoms with E-state index in [-0.39, 0.29) is 22.6 Å². The van der Waals surface area contributed by atoms with Crippen LogP contribution in [-0.4, -0.2) is 34.3 Å². The number of unbranched alkanes of at least 4 members (excludes halogenated alkanes) is 1. The molecular formula is C16H20N4O2S2. The Morgan fingerprint density at radius 2 is 1.96 bits per heavy atom. The first-order valence-corrected chi connectivity index (χ1v) is 9.49. The van der Waals surface area contributed by atoms with Crippen LogP contribution in [0.3, 0.4) is 0 Å². The minimum Gasteiger partial charge on any atom is -0.355 e. The van der Waals surface area contributed by atoms with E-state index in [1.807, 2.05) is 31.2 Å². The van der Waals surface area contributed by atoms with Gasteiger partial charge in [0.25, 0.3) is 5.91 Å². The van der Waals surface area contributed by atoms with E-state index < -0.39 is 0 Å². The molecule has 0 aliphatic heterocycles. The minimum atomic E-state index is -0.296. The fraction of sp³-hybridized carbons (Fsp3) is 0.375. The Balaban J connectivity index is 1.82. The molecule has 0 saturated heterocycles. The Morgan fingerprint density at radius 3 is 2.67 bits per heavy atom. The van der Waals surface area contributed by atoms with Gasteiger partial charge in [0.05, 0.1) is 5.75 Å². The van der Waals surface area contributed by atoms with Gasteiger partial charge in [-0.1, -0.05) is 54.1 Å². The van der Waals surface area contributed by atoms with Crippen LogP contribution >= 0.6 is 23.1 Å². The lowest BCUT2D eigenvalue weighted by atomic mass is 10.2. The monoisotopic (exact) mass is 364 g/mol. The number of hydrogen-bond acceptors (Lipinski definition) is 6. The molecule has 2 aromatic rings. The molecule has 0 aliphatic rings. The van der Waals surface area contributed by atoms with Crippen LogP contribution in [0.15, 0.2) is 28.6 Å². The predicted octanol–water partition coefficient (Wildman–Crippen LogP) is 3.11. The van der Waals surface area contributed by atoms with Crippen LogP contribution in [0.2, 0.25) is 0 Å². The highest BCUT2D eigenvalue weighted by atomic mass is 32.2. The molecular weight excluding hydrogens is 344 g/mol. The molecule has 0 radical (unpaired) electrons. The number of hydrogen-bond donors (Lipinski definition) is 2. The third-order valence-electron chi connectivity index (χ3n) is 3.09. The normalized spacial score (nSPS) is 10.4. The summed E-state index contributed by atoms with van der Waals surface area (Å²) in [4.78, 5) is 23.8. The summed E-state index contributed by atoms with van der Waals surface area (Å²) in [5.41, 5.74) is 1.84. The van der Waals surface area contributed by atoms with Gasteiger partial charge in [-0.3, -0.25) is 9.59 Å². The maximum atomic E-state index is 12.1. The maximum absolute atomic E-state index is 12.1. The summed E-state index contributed by atoms with van der Waals surface area (Å²) in [6, 6.07) is 7.53. The van der Waals surface area contributed by atoms with E-state index in [0.717, 1.165) is 18.4 Å². The lowest BCUT2D eigenvalue weighted by Gasteiger charge is -2.02. The van der Waals surface area contributed by atoms with Crippen molar-refractivity contribution in [1.29, 1.82) is 0 Å². The minimum absolute atomic E-state index is 0.0330. The van der Waals surface area contributed by atoms with Gasteiger partial charge in [0.1, 0.15) is 0 Å². The number of amides is 2. The van der Waals surface area contributed by atoms with Gasteiger partial charge < -0.3 is 10.6 Å². The van der Waals surface area contributed by atoms with Crippen LogP contribution in [0.1, 0.15) is 35.1 Å². The van der Waals surface area contributed by atoms with E-state index in [4.69, 9.17) is 0 Å². The van der Waals surface area contributed by atoms with Crippen molar-refractivity contribution in [2.24, 2.45) is 0 Å². The van der Waals surface area contributed by atoms with Gasteiger partial charge in [-0.2, -0.15) is 0 Å². The van der Waals surface area contributed by atoms with Crippen molar-refractivity contribution < 1.29 is 9.59 Å². The van der Waals surface area contributed by atoms with Crippen LogP contribution < -0.4 is 10.6 Å². The molecule has 8 heteroatoms. The number of anilines is 1. The van der Waals surface area contributed by atoms with E-state index in [1.165, 1.54) is 23.1 Å². The first kappa shape index (κ1) is 18.4. The number of carbonyl (C=O) groups excluding carboxylic acids is 2. The number of nitrogens with one attached hydrogen (secondary N) is 2. The molecule has 1 heterocycles. The van der Waals surface area contributed by atoms with E-state index >= 15 is 0 Å². The van der Waals surface area contributed by atoms with E-state index in [1.54, 1.807) is 0 Å². The first-order valence-electron chi connectivity index (χ1n) is 7.69. The molecule has 24 heavy (non-hydrogen) atoms. The van der Waals surface area contributed by atoms with Gasteiger partial charge in [-0.15, -0.1) is 10.2 Å². The number of carbonyl (C=O) groups is 2. The van der Waals surface area contributed by atoms with Gasteiger partial charge in [0.15, 0.2) is 4.34 Å². The van der Waals surface area contributed by atoms with Gasteiger partial charge >= 0.3 is 0 Å². The number of aromatic nitrogens is 2. The van der Waals surface area contributed by atoms with Gasteiger partial charge in [0, 0.05) is 12.2 Å². The summed E-state index contributed by atoms with van der Waals surface area (Å²) < 4.78 is 0.606. The van der Waals surface area contributed by atoms with Crippen molar-refractivity contribution in [2.45, 2.75) is 31.0 Å². The zero-order valence-electron chi connectivity index (χ0n) is 13.7. The molecule has 128 valence electrons. The third kappa shape index (κ3) is 5.93. The molecule has 0 spiro atoms. The molecule has 0 bridgehead atoms. The van der Waals surface area contributed by atoms with E-state index in [2.05, 4.69) is 27.8 Å². The van der Waals surface area contributed by atoms with Crippen LogP contribution in [0.5, 0.6) is 0 Å². The van der Waals surface area contributed by atoms with Crippen molar-refractivity contribution in [3.05, 3.63) is 34.8 Å². The number of nitrogens with zero attached hydrogens (tertiary/aromatic N) is 2. The molecule has 1 aromatic carbocycles. The summed E-state index contributed by atoms with van der Waals surface area (Å²) in [6.07, 6.45) is 2.02. The highest BCUT2D eigenvalue weighted by molar-refractivity contribution is 8.01. The zero-order valence-corrected chi connectivity index (χ0v) is 15.3. The molecule has 0 aliphatic carbocycles. The van der Waals surface area contributed by atoms with Crippen molar-refractivity contribution >= 4 is 40.6 Å². The van der Waals surface area contributed by atoms with Crippen molar-refractivity contribution in [1.82, 2.24) is 15.5 Å². The molecule has 0 fully saturated rings. The molecule has 2 rings (SSSR count). The maximum Gasteiger partial charge on any atom is 0.286 e. The van der Waals surface area contributed by atoms with E-state index in [0.29, 0.717) is 16.6 Å². The predicted molar refractivity (Wildman–Crippen MR) is 97.7 cm³/mol. The molecule has 2 N–H and O–H groups in total. The number of benzene rings is 1. The fourth-order valence-corrected chi connectivity index (χ4v) is 3.34. The Kier molecular flexibility index (Phi) is 7.20. The van der Waals surface area contributed by atoms with E-state index in [9.17, 15) is 9.59 Å². The van der Waals surface area contributed by atoms with Gasteiger partial charge in [-0.25, -0.2) is 0 Å². The van der Waals surface area contributed by atoms with Crippen LogP contribution in [0.4, 0.5) is 5.69 Å². The lowest BCUT2D eigenvalue weighted by Crippen LogP contribution is -2.25. The Labute approximate surface area is 149 Å². The quantitative estimate of drug-likeness (QED) is 0.555. The van der Waals surface area contributed by atoms with Gasteiger partial charge in [0.2, 0.25) is 10.9 Å². The average Bonchev–Trinajstić information content (AvgIpc) is 3.04. The zero-order chi connectivity index (χ0) is 17.4. The van der Waals surface area contributed by atoms with Crippen molar-refractivity contribution in [3.63, 3.8) is 0 Å². The molecule has 2 amide bonds. The van der Waals surface area contributed by atoms with Crippen LogP contribution in [-0.2, 0) is 4.79 Å². The lowest BCUT2D eigenvalue weighted by molar-refractivity contribution is -0.118. The van der Waals surface area contributed by atoms with Crippen molar-refractivity contribution in [3.8, 4) is 0 Å². The smallest absolute Gasteiger partial charge is 0.286 e. The number of aryl methyl sites for hydroxylation is 1. The summed E-state index contributed by atoms with van der Waals surface area (Å²) in [6.45, 7) is 4.75. The Hall–Kier alpha value is -1.93. The van der Waals surface area contributed by atoms with Crippen LogP contribution in [0.25, 0.3) is 0 Å². The Morgan fingerprint density at radius 1 is 1.21 bits per heavy atom. The fourth-order valence-electron chi connectivity index (χ4n) is 1.76. The topological polar surface area (TPSA) is 84.0 Å². The summed E-state index contributed by atoms with van der Waals surface area (Å²) in [5.74, 6) is -0.0531. The first-order chi connectivity index (χ1) is 11.6. The molecule has 1 aromatic heterocycles. The second kappa shape index (κ2) is 9.39. The Bertz CT molecular complexity index is 686. The number of thioether (sulfide) groups is 1. The highest BCUT2D eigenvalue weighted by Gasteiger charge is 2.14. The largest absolute Gasteiger partial charge is 0.355 e. The molecule has 6 nitrogen and oxygen atoms in total. The summed E-state index contributed by atoms with van der Waals surface area (Å²) >= 11 is 2.47. The third-order valence-corrected chi connectivity index (χ3v) is 5.14. The number of rotatable bonds is 8. The van der Waals surface area contributed by atoms with Crippen LogP contribution in [0, 0.1) is 6.92 Å². The van der Waals surface area contributed by atoms with Crippen molar-refractivity contribution in [2.75, 3.05) is 17.6 Å². The molecule has 0 saturated carbocycles.